The van der Waals surface area contributed by atoms with Crippen LogP contribution in [0, 0.1) is 0 Å². The maximum absolute atomic E-state index is 9.22. The van der Waals surface area contributed by atoms with E-state index in [1.807, 2.05) is 53.1 Å². The summed E-state index contributed by atoms with van der Waals surface area (Å²) in [5.41, 5.74) is 4.38. The molecule has 0 spiro atoms. The molecule has 1 N–H and O–H groups in total. The standard InChI is InChI=1S/C14H9N3O/c18-16-13-9-5-1-3-7-11(9)17-12-8-4-2-6-10(12)15-14(13)17/h1-8,18H/b16-13-. The predicted octanol–water partition coefficient (Wildman–Crippen LogP) is 2.57. The second kappa shape index (κ2) is 3.20. The van der Waals surface area contributed by atoms with Gasteiger partial charge in [-0.2, -0.15) is 0 Å². The van der Waals surface area contributed by atoms with E-state index in [4.69, 9.17) is 0 Å². The minimum Gasteiger partial charge on any atom is -0.410 e. The Morgan fingerprint density at radius 1 is 1.00 bits per heavy atom. The van der Waals surface area contributed by atoms with Crippen molar-refractivity contribution >= 4 is 16.7 Å². The van der Waals surface area contributed by atoms with Gasteiger partial charge in [-0.05, 0) is 18.2 Å². The topological polar surface area (TPSA) is 50.4 Å². The zero-order chi connectivity index (χ0) is 12.1. The highest BCUT2D eigenvalue weighted by molar-refractivity contribution is 6.17. The SMILES string of the molecule is O/N=C1/c2ccccc2-n2c1nc1ccccc12. The number of benzene rings is 2. The van der Waals surface area contributed by atoms with E-state index in [0.717, 1.165) is 22.3 Å². The van der Waals surface area contributed by atoms with Gasteiger partial charge in [-0.3, -0.25) is 4.57 Å². The Morgan fingerprint density at radius 3 is 2.67 bits per heavy atom. The lowest BCUT2D eigenvalue weighted by atomic mass is 10.1. The molecular formula is C14H9N3O. The van der Waals surface area contributed by atoms with Crippen LogP contribution in [0.15, 0.2) is 53.7 Å². The molecule has 3 aromatic rings. The van der Waals surface area contributed by atoms with Crippen molar-refractivity contribution in [3.63, 3.8) is 0 Å². The number of rotatable bonds is 0. The fourth-order valence-electron chi connectivity index (χ4n) is 2.52. The zero-order valence-corrected chi connectivity index (χ0v) is 9.41. The fourth-order valence-corrected chi connectivity index (χ4v) is 2.52. The molecule has 2 heterocycles. The van der Waals surface area contributed by atoms with E-state index in [9.17, 15) is 5.21 Å². The number of para-hydroxylation sites is 3. The van der Waals surface area contributed by atoms with Crippen LogP contribution in [0.3, 0.4) is 0 Å². The minimum atomic E-state index is 0.529. The van der Waals surface area contributed by atoms with Gasteiger partial charge in [0, 0.05) is 5.56 Å². The number of hydrogen-bond acceptors (Lipinski definition) is 3. The summed E-state index contributed by atoms with van der Waals surface area (Å²) in [7, 11) is 0. The van der Waals surface area contributed by atoms with Crippen LogP contribution in [-0.4, -0.2) is 20.5 Å². The second-order valence-corrected chi connectivity index (χ2v) is 4.23. The van der Waals surface area contributed by atoms with Gasteiger partial charge < -0.3 is 5.21 Å². The van der Waals surface area contributed by atoms with E-state index < -0.39 is 0 Å². The van der Waals surface area contributed by atoms with Gasteiger partial charge in [-0.15, -0.1) is 0 Å². The molecular weight excluding hydrogens is 226 g/mol. The van der Waals surface area contributed by atoms with Crippen LogP contribution < -0.4 is 0 Å². The Kier molecular flexibility index (Phi) is 1.67. The molecule has 2 aromatic carbocycles. The number of fused-ring (bicyclic) bond motifs is 5. The molecule has 0 saturated carbocycles. The molecule has 0 saturated heterocycles. The van der Waals surface area contributed by atoms with Crippen molar-refractivity contribution in [2.75, 3.05) is 0 Å². The average molecular weight is 235 g/mol. The highest BCUT2D eigenvalue weighted by Crippen LogP contribution is 2.31. The van der Waals surface area contributed by atoms with Crippen molar-refractivity contribution in [2.45, 2.75) is 0 Å². The minimum absolute atomic E-state index is 0.529. The Bertz CT molecular complexity index is 802. The molecule has 4 heteroatoms. The van der Waals surface area contributed by atoms with Gasteiger partial charge in [0.05, 0.1) is 16.7 Å². The Labute approximate surface area is 103 Å². The Morgan fingerprint density at radius 2 is 1.78 bits per heavy atom. The molecule has 0 atom stereocenters. The first-order chi connectivity index (χ1) is 8.90. The van der Waals surface area contributed by atoms with Crippen molar-refractivity contribution in [1.29, 1.82) is 0 Å². The number of nitrogens with zero attached hydrogens (tertiary/aromatic N) is 3. The van der Waals surface area contributed by atoms with Gasteiger partial charge in [-0.1, -0.05) is 35.5 Å². The summed E-state index contributed by atoms with van der Waals surface area (Å²) in [6, 6.07) is 15.7. The van der Waals surface area contributed by atoms with Crippen LogP contribution in [0.2, 0.25) is 0 Å². The summed E-state index contributed by atoms with van der Waals surface area (Å²) in [6.45, 7) is 0. The van der Waals surface area contributed by atoms with E-state index in [-0.39, 0.29) is 0 Å². The van der Waals surface area contributed by atoms with Crippen LogP contribution in [-0.2, 0) is 0 Å². The average Bonchev–Trinajstić information content (AvgIpc) is 2.92. The molecule has 0 radical (unpaired) electrons. The molecule has 0 aliphatic carbocycles. The summed E-state index contributed by atoms with van der Waals surface area (Å²) in [6.07, 6.45) is 0. The van der Waals surface area contributed by atoms with Gasteiger partial charge in [0.2, 0.25) is 0 Å². The summed E-state index contributed by atoms with van der Waals surface area (Å²) in [4.78, 5) is 4.53. The third-order valence-corrected chi connectivity index (χ3v) is 3.27. The van der Waals surface area contributed by atoms with Crippen molar-refractivity contribution < 1.29 is 5.21 Å². The fraction of sp³-hybridized carbons (Fsp3) is 0. The second-order valence-electron chi connectivity index (χ2n) is 4.23. The summed E-state index contributed by atoms with van der Waals surface area (Å²) in [5.74, 6) is 0.694. The van der Waals surface area contributed by atoms with Gasteiger partial charge in [-0.25, -0.2) is 4.98 Å². The molecule has 4 rings (SSSR count). The molecule has 1 aliphatic heterocycles. The van der Waals surface area contributed by atoms with E-state index >= 15 is 0 Å². The summed E-state index contributed by atoms with van der Waals surface area (Å²) >= 11 is 0. The van der Waals surface area contributed by atoms with Gasteiger partial charge in [0.1, 0.15) is 0 Å². The normalized spacial score (nSPS) is 15.0. The van der Waals surface area contributed by atoms with E-state index in [0.29, 0.717) is 11.5 Å². The first kappa shape index (κ1) is 9.41. The molecule has 1 aliphatic rings. The Balaban J connectivity index is 2.21. The van der Waals surface area contributed by atoms with E-state index in [2.05, 4.69) is 10.1 Å². The monoisotopic (exact) mass is 235 g/mol. The summed E-state index contributed by atoms with van der Waals surface area (Å²) < 4.78 is 2.03. The highest BCUT2D eigenvalue weighted by atomic mass is 16.4. The van der Waals surface area contributed by atoms with Crippen molar-refractivity contribution in [3.05, 3.63) is 59.9 Å². The number of aromatic nitrogens is 2. The molecule has 0 fully saturated rings. The number of imidazole rings is 1. The number of oxime groups is 1. The largest absolute Gasteiger partial charge is 0.410 e. The third kappa shape index (κ3) is 0.996. The third-order valence-electron chi connectivity index (χ3n) is 3.27. The van der Waals surface area contributed by atoms with Crippen LogP contribution in [0.25, 0.3) is 16.7 Å². The lowest BCUT2D eigenvalue weighted by Gasteiger charge is -2.01. The van der Waals surface area contributed by atoms with Crippen LogP contribution in [0.1, 0.15) is 11.4 Å². The van der Waals surface area contributed by atoms with Crippen LogP contribution in [0.5, 0.6) is 0 Å². The first-order valence-electron chi connectivity index (χ1n) is 5.70. The maximum atomic E-state index is 9.22. The highest BCUT2D eigenvalue weighted by Gasteiger charge is 2.28. The van der Waals surface area contributed by atoms with Crippen molar-refractivity contribution in [1.82, 2.24) is 9.55 Å². The molecule has 0 amide bonds. The smallest absolute Gasteiger partial charge is 0.168 e. The quantitative estimate of drug-likeness (QED) is 0.376. The van der Waals surface area contributed by atoms with Crippen molar-refractivity contribution in [2.24, 2.45) is 5.16 Å². The van der Waals surface area contributed by atoms with Gasteiger partial charge >= 0.3 is 0 Å². The maximum Gasteiger partial charge on any atom is 0.168 e. The predicted molar refractivity (Wildman–Crippen MR) is 68.5 cm³/mol. The van der Waals surface area contributed by atoms with Crippen molar-refractivity contribution in [3.8, 4) is 5.69 Å². The lowest BCUT2D eigenvalue weighted by molar-refractivity contribution is 0.319. The van der Waals surface area contributed by atoms with Crippen LogP contribution >= 0.6 is 0 Å². The van der Waals surface area contributed by atoms with Crippen LogP contribution in [0.4, 0.5) is 0 Å². The van der Waals surface area contributed by atoms with Gasteiger partial charge in [0.25, 0.3) is 0 Å². The van der Waals surface area contributed by atoms with E-state index in [1.54, 1.807) is 0 Å². The zero-order valence-electron chi connectivity index (χ0n) is 9.41. The van der Waals surface area contributed by atoms with E-state index in [1.165, 1.54) is 0 Å². The molecule has 1 aromatic heterocycles. The molecule has 4 nitrogen and oxygen atoms in total. The molecule has 18 heavy (non-hydrogen) atoms. The molecule has 0 unspecified atom stereocenters. The number of hydrogen-bond donors (Lipinski definition) is 1. The molecule has 86 valence electrons. The summed E-state index contributed by atoms with van der Waals surface area (Å²) in [5, 5.41) is 12.6. The first-order valence-corrected chi connectivity index (χ1v) is 5.70. The van der Waals surface area contributed by atoms with Gasteiger partial charge in [0.15, 0.2) is 11.5 Å². The lowest BCUT2D eigenvalue weighted by Crippen LogP contribution is -1.99. The Hall–Kier alpha value is -2.62. The molecule has 0 bridgehead atoms.